The van der Waals surface area contributed by atoms with E-state index in [0.29, 0.717) is 5.75 Å². The van der Waals surface area contributed by atoms with E-state index in [2.05, 4.69) is 57.0 Å². The Morgan fingerprint density at radius 1 is 1.12 bits per heavy atom. The molecule has 26 heavy (non-hydrogen) atoms. The number of rotatable bonds is 3. The highest BCUT2D eigenvalue weighted by atomic mass is 32.2. The minimum absolute atomic E-state index is 0.0578. The zero-order chi connectivity index (χ0) is 18.9. The molecule has 0 aliphatic carbocycles. The molecule has 0 radical (unpaired) electrons. The topological polar surface area (TPSA) is 43.9 Å². The zero-order valence-corrected chi connectivity index (χ0v) is 17.0. The normalized spacial score (nSPS) is 22.2. The molecule has 2 saturated heterocycles. The summed E-state index contributed by atoms with van der Waals surface area (Å²) in [6, 6.07) is 8.48. The molecule has 2 aliphatic rings. The molecule has 2 heterocycles. The van der Waals surface area contributed by atoms with Crippen LogP contribution in [0.4, 0.5) is 0 Å². The van der Waals surface area contributed by atoms with Gasteiger partial charge in [0.2, 0.25) is 11.8 Å². The first kappa shape index (κ1) is 19.2. The van der Waals surface area contributed by atoms with E-state index in [1.165, 1.54) is 5.56 Å². The second-order valence-corrected chi connectivity index (χ2v) is 9.31. The number of piperazine rings is 1. The van der Waals surface area contributed by atoms with Crippen molar-refractivity contribution < 1.29 is 9.59 Å². The summed E-state index contributed by atoms with van der Waals surface area (Å²) in [4.78, 5) is 30.9. The van der Waals surface area contributed by atoms with E-state index in [4.69, 9.17) is 0 Å². The number of likely N-dealkylation sites (N-methyl/N-ethyl adjacent to an activating group) is 1. The zero-order valence-electron chi connectivity index (χ0n) is 16.2. The SMILES string of the molecule is CN1CCN(C(=O)CN2C(=O)CS[C@@H]2c2ccc(C(C)(C)C)cc2)CC1. The Hall–Kier alpha value is -1.53. The van der Waals surface area contributed by atoms with Gasteiger partial charge in [0.15, 0.2) is 0 Å². The summed E-state index contributed by atoms with van der Waals surface area (Å²) in [5.41, 5.74) is 2.48. The van der Waals surface area contributed by atoms with E-state index in [1.54, 1.807) is 16.7 Å². The first-order valence-corrected chi connectivity index (χ1v) is 10.3. The summed E-state index contributed by atoms with van der Waals surface area (Å²) in [7, 11) is 2.07. The number of hydrogen-bond acceptors (Lipinski definition) is 4. The quantitative estimate of drug-likeness (QED) is 0.813. The van der Waals surface area contributed by atoms with Gasteiger partial charge in [-0.25, -0.2) is 0 Å². The van der Waals surface area contributed by atoms with Crippen molar-refractivity contribution in [1.82, 2.24) is 14.7 Å². The van der Waals surface area contributed by atoms with E-state index in [-0.39, 0.29) is 29.1 Å². The van der Waals surface area contributed by atoms with Crippen LogP contribution >= 0.6 is 11.8 Å². The number of benzene rings is 1. The Kier molecular flexibility index (Phi) is 5.63. The van der Waals surface area contributed by atoms with E-state index < -0.39 is 0 Å². The van der Waals surface area contributed by atoms with Crippen molar-refractivity contribution in [1.29, 1.82) is 0 Å². The predicted octanol–water partition coefficient (Wildman–Crippen LogP) is 2.33. The number of nitrogens with zero attached hydrogens (tertiary/aromatic N) is 3. The fourth-order valence-corrected chi connectivity index (χ4v) is 4.54. The van der Waals surface area contributed by atoms with Gasteiger partial charge in [0.05, 0.1) is 5.75 Å². The van der Waals surface area contributed by atoms with Gasteiger partial charge in [-0.15, -0.1) is 11.8 Å². The first-order chi connectivity index (χ1) is 12.3. The predicted molar refractivity (Wildman–Crippen MR) is 106 cm³/mol. The van der Waals surface area contributed by atoms with Crippen LogP contribution in [0.5, 0.6) is 0 Å². The summed E-state index contributed by atoms with van der Waals surface area (Å²) in [5.74, 6) is 0.564. The molecule has 0 bridgehead atoms. The van der Waals surface area contributed by atoms with Crippen LogP contribution in [0.2, 0.25) is 0 Å². The third-order valence-corrected chi connectivity index (χ3v) is 6.45. The van der Waals surface area contributed by atoms with Gasteiger partial charge in [-0.2, -0.15) is 0 Å². The van der Waals surface area contributed by atoms with Gasteiger partial charge >= 0.3 is 0 Å². The average molecular weight is 376 g/mol. The van der Waals surface area contributed by atoms with Gasteiger partial charge in [0.25, 0.3) is 0 Å². The highest BCUT2D eigenvalue weighted by molar-refractivity contribution is 8.00. The van der Waals surface area contributed by atoms with E-state index in [0.717, 1.165) is 31.7 Å². The molecule has 1 aromatic carbocycles. The molecular formula is C20H29N3O2S. The van der Waals surface area contributed by atoms with Gasteiger partial charge in [0.1, 0.15) is 11.9 Å². The van der Waals surface area contributed by atoms with Crippen LogP contribution in [0.25, 0.3) is 0 Å². The third-order valence-electron chi connectivity index (χ3n) is 5.19. The Morgan fingerprint density at radius 2 is 1.73 bits per heavy atom. The molecule has 142 valence electrons. The van der Waals surface area contributed by atoms with Crippen LogP contribution in [-0.2, 0) is 15.0 Å². The number of carbonyl (C=O) groups is 2. The maximum absolute atomic E-state index is 12.7. The highest BCUT2D eigenvalue weighted by Crippen LogP contribution is 2.39. The second-order valence-electron chi connectivity index (χ2n) is 8.24. The van der Waals surface area contributed by atoms with Crippen molar-refractivity contribution in [2.45, 2.75) is 31.6 Å². The van der Waals surface area contributed by atoms with Gasteiger partial charge in [-0.3, -0.25) is 9.59 Å². The van der Waals surface area contributed by atoms with Crippen LogP contribution in [0, 0.1) is 0 Å². The van der Waals surface area contributed by atoms with E-state index in [1.807, 2.05) is 4.90 Å². The lowest BCUT2D eigenvalue weighted by molar-refractivity contribution is -0.140. The monoisotopic (exact) mass is 375 g/mol. The first-order valence-electron chi connectivity index (χ1n) is 9.23. The van der Waals surface area contributed by atoms with Crippen molar-refractivity contribution in [3.63, 3.8) is 0 Å². The highest BCUT2D eigenvalue weighted by Gasteiger charge is 2.35. The van der Waals surface area contributed by atoms with Crippen molar-refractivity contribution in [3.05, 3.63) is 35.4 Å². The molecule has 5 nitrogen and oxygen atoms in total. The summed E-state index contributed by atoms with van der Waals surface area (Å²) >= 11 is 1.61. The lowest BCUT2D eigenvalue weighted by Crippen LogP contribution is -2.50. The molecule has 1 aromatic rings. The summed E-state index contributed by atoms with van der Waals surface area (Å²) in [6.45, 7) is 10.0. The molecule has 0 unspecified atom stereocenters. The lowest BCUT2D eigenvalue weighted by Gasteiger charge is -2.34. The Labute approximate surface area is 160 Å². The van der Waals surface area contributed by atoms with E-state index in [9.17, 15) is 9.59 Å². The maximum Gasteiger partial charge on any atom is 0.242 e. The number of hydrogen-bond donors (Lipinski definition) is 0. The molecule has 2 aliphatic heterocycles. The summed E-state index contributed by atoms with van der Waals surface area (Å²) in [6.07, 6.45) is 0. The fraction of sp³-hybridized carbons (Fsp3) is 0.600. The van der Waals surface area contributed by atoms with Crippen molar-refractivity contribution in [2.75, 3.05) is 45.5 Å². The molecule has 2 fully saturated rings. The van der Waals surface area contributed by atoms with Crippen molar-refractivity contribution >= 4 is 23.6 Å². The van der Waals surface area contributed by atoms with E-state index >= 15 is 0 Å². The summed E-state index contributed by atoms with van der Waals surface area (Å²) in [5, 5.41) is -0.0621. The molecule has 0 spiro atoms. The van der Waals surface area contributed by atoms with Gasteiger partial charge < -0.3 is 14.7 Å². The van der Waals surface area contributed by atoms with Crippen LogP contribution < -0.4 is 0 Å². The molecule has 6 heteroatoms. The van der Waals surface area contributed by atoms with Crippen molar-refractivity contribution in [2.24, 2.45) is 0 Å². The Bertz CT molecular complexity index is 661. The van der Waals surface area contributed by atoms with Crippen molar-refractivity contribution in [3.8, 4) is 0 Å². The third kappa shape index (κ3) is 4.23. The van der Waals surface area contributed by atoms with Crippen LogP contribution in [-0.4, -0.2) is 72.0 Å². The Morgan fingerprint density at radius 3 is 2.31 bits per heavy atom. The molecular weight excluding hydrogens is 346 g/mol. The van der Waals surface area contributed by atoms with Gasteiger partial charge in [-0.05, 0) is 23.6 Å². The molecule has 1 atom stereocenters. The average Bonchev–Trinajstić information content (AvgIpc) is 2.95. The number of amides is 2. The Balaban J connectivity index is 1.69. The molecule has 2 amide bonds. The lowest BCUT2D eigenvalue weighted by atomic mass is 9.87. The number of carbonyl (C=O) groups excluding carboxylic acids is 2. The number of thioether (sulfide) groups is 1. The van der Waals surface area contributed by atoms with Gasteiger partial charge in [0, 0.05) is 26.2 Å². The maximum atomic E-state index is 12.7. The van der Waals surface area contributed by atoms with Crippen LogP contribution in [0.15, 0.2) is 24.3 Å². The largest absolute Gasteiger partial charge is 0.339 e. The molecule has 3 rings (SSSR count). The fourth-order valence-electron chi connectivity index (χ4n) is 3.35. The summed E-state index contributed by atoms with van der Waals surface area (Å²) < 4.78 is 0. The second kappa shape index (κ2) is 7.61. The van der Waals surface area contributed by atoms with Crippen LogP contribution in [0.1, 0.15) is 37.3 Å². The van der Waals surface area contributed by atoms with Gasteiger partial charge in [-0.1, -0.05) is 45.0 Å². The van der Waals surface area contributed by atoms with Crippen LogP contribution in [0.3, 0.4) is 0 Å². The molecule has 0 saturated carbocycles. The smallest absolute Gasteiger partial charge is 0.242 e. The standard InChI is InChI=1S/C20H29N3O2S/c1-20(2,3)16-7-5-15(6-8-16)19-23(18(25)14-26-19)13-17(24)22-11-9-21(4)10-12-22/h5-8,19H,9-14H2,1-4H3/t19-/m1/s1. The minimum Gasteiger partial charge on any atom is -0.339 e. The minimum atomic E-state index is -0.0621. The molecule has 0 aromatic heterocycles. The molecule has 0 N–H and O–H groups in total.